The van der Waals surface area contributed by atoms with Gasteiger partial charge in [-0.15, -0.1) is 0 Å². The number of benzene rings is 2. The lowest BCUT2D eigenvalue weighted by atomic mass is 10.1. The van der Waals surface area contributed by atoms with Gasteiger partial charge in [-0.1, -0.05) is 48.5 Å². The maximum absolute atomic E-state index is 13.0. The van der Waals surface area contributed by atoms with E-state index in [1.165, 1.54) is 0 Å². The summed E-state index contributed by atoms with van der Waals surface area (Å²) in [7, 11) is 0. The number of amides is 1. The highest BCUT2D eigenvalue weighted by atomic mass is 16.3. The average Bonchev–Trinajstić information content (AvgIpc) is 2.96. The van der Waals surface area contributed by atoms with Crippen molar-refractivity contribution in [1.82, 2.24) is 4.90 Å². The zero-order valence-corrected chi connectivity index (χ0v) is 13.9. The number of rotatable bonds is 6. The molecule has 2 aromatic carbocycles. The third-order valence-corrected chi connectivity index (χ3v) is 4.17. The van der Waals surface area contributed by atoms with E-state index < -0.39 is 0 Å². The van der Waals surface area contributed by atoms with Crippen LogP contribution in [0.1, 0.15) is 28.1 Å². The fourth-order valence-electron chi connectivity index (χ4n) is 2.86. The molecule has 1 heterocycles. The molecule has 0 bridgehead atoms. The van der Waals surface area contributed by atoms with Gasteiger partial charge in [0.2, 0.25) is 0 Å². The van der Waals surface area contributed by atoms with Gasteiger partial charge < -0.3 is 15.1 Å². The summed E-state index contributed by atoms with van der Waals surface area (Å²) in [5.74, 6) is 0.338. The Hall–Kier alpha value is -2.59. The molecule has 124 valence electrons. The molecule has 1 aromatic heterocycles. The van der Waals surface area contributed by atoms with Crippen LogP contribution in [0.15, 0.2) is 59.0 Å². The molecule has 0 saturated carbocycles. The second kappa shape index (κ2) is 7.32. The first-order valence-corrected chi connectivity index (χ1v) is 8.22. The van der Waals surface area contributed by atoms with Gasteiger partial charge in [0.1, 0.15) is 5.58 Å². The Kier molecular flexibility index (Phi) is 4.96. The topological polar surface area (TPSA) is 59.5 Å². The summed E-state index contributed by atoms with van der Waals surface area (Å²) in [4.78, 5) is 14.8. The molecule has 0 atom stereocenters. The van der Waals surface area contributed by atoms with Crippen LogP contribution >= 0.6 is 0 Å². The maximum atomic E-state index is 13.0. The lowest BCUT2D eigenvalue weighted by Gasteiger charge is -2.22. The minimum Gasteiger partial charge on any atom is -0.451 e. The van der Waals surface area contributed by atoms with Crippen molar-refractivity contribution in [3.63, 3.8) is 0 Å². The maximum Gasteiger partial charge on any atom is 0.290 e. The second-order valence-electron chi connectivity index (χ2n) is 5.91. The van der Waals surface area contributed by atoms with E-state index in [0.717, 1.165) is 28.5 Å². The molecule has 3 rings (SSSR count). The van der Waals surface area contributed by atoms with Crippen molar-refractivity contribution in [3.05, 3.63) is 71.5 Å². The molecular formula is C20H22N2O2. The van der Waals surface area contributed by atoms with E-state index in [2.05, 4.69) is 0 Å². The van der Waals surface area contributed by atoms with Crippen LogP contribution in [0.25, 0.3) is 11.0 Å². The monoisotopic (exact) mass is 322 g/mol. The molecule has 2 N–H and O–H groups in total. The number of furan rings is 1. The summed E-state index contributed by atoms with van der Waals surface area (Å²) in [6.45, 7) is 3.65. The summed E-state index contributed by atoms with van der Waals surface area (Å²) in [5.41, 5.74) is 8.37. The minimum atomic E-state index is -0.0824. The highest BCUT2D eigenvalue weighted by Crippen LogP contribution is 2.26. The lowest BCUT2D eigenvalue weighted by molar-refractivity contribution is 0.0711. The molecule has 0 aliphatic heterocycles. The van der Waals surface area contributed by atoms with Gasteiger partial charge >= 0.3 is 0 Å². The Morgan fingerprint density at radius 1 is 1.08 bits per heavy atom. The number of carbonyl (C=O) groups is 1. The molecular weight excluding hydrogens is 300 g/mol. The first kappa shape index (κ1) is 16.3. The highest BCUT2D eigenvalue weighted by Gasteiger charge is 2.23. The van der Waals surface area contributed by atoms with Crippen LogP contribution in [-0.4, -0.2) is 23.9 Å². The third-order valence-electron chi connectivity index (χ3n) is 4.17. The molecule has 0 aliphatic carbocycles. The zero-order chi connectivity index (χ0) is 16.9. The number of nitrogens with zero attached hydrogens (tertiary/aromatic N) is 1. The number of carbonyl (C=O) groups excluding carboxylic acids is 1. The van der Waals surface area contributed by atoms with Crippen LogP contribution in [0.4, 0.5) is 0 Å². The molecule has 4 heteroatoms. The standard InChI is InChI=1S/C20H22N2O2/c1-15-17-10-5-6-11-18(17)24-19(15)20(23)22(13-7-12-21)14-16-8-3-2-4-9-16/h2-6,8-11H,7,12-14,21H2,1H3. The van der Waals surface area contributed by atoms with E-state index in [9.17, 15) is 4.79 Å². The van der Waals surface area contributed by atoms with Crippen molar-refractivity contribution in [2.45, 2.75) is 19.9 Å². The van der Waals surface area contributed by atoms with Crippen LogP contribution < -0.4 is 5.73 Å². The van der Waals surface area contributed by atoms with Crippen LogP contribution in [0, 0.1) is 6.92 Å². The fourth-order valence-corrected chi connectivity index (χ4v) is 2.86. The molecule has 0 spiro atoms. The highest BCUT2D eigenvalue weighted by molar-refractivity contribution is 5.98. The molecule has 0 fully saturated rings. The van der Waals surface area contributed by atoms with Crippen LogP contribution in [-0.2, 0) is 6.54 Å². The van der Waals surface area contributed by atoms with E-state index in [1.54, 1.807) is 0 Å². The van der Waals surface area contributed by atoms with Gasteiger partial charge in [0.05, 0.1) is 0 Å². The number of fused-ring (bicyclic) bond motifs is 1. The van der Waals surface area contributed by atoms with E-state index >= 15 is 0 Å². The normalized spacial score (nSPS) is 10.9. The number of hydrogen-bond donors (Lipinski definition) is 1. The predicted octanol–water partition coefficient (Wildman–Crippen LogP) is 3.73. The summed E-state index contributed by atoms with van der Waals surface area (Å²) >= 11 is 0. The van der Waals surface area contributed by atoms with Crippen LogP contribution in [0.2, 0.25) is 0 Å². The van der Waals surface area contributed by atoms with E-state index in [4.69, 9.17) is 10.2 Å². The first-order valence-electron chi connectivity index (χ1n) is 8.22. The third kappa shape index (κ3) is 3.34. The van der Waals surface area contributed by atoms with Crippen molar-refractivity contribution in [2.75, 3.05) is 13.1 Å². The fraction of sp³-hybridized carbons (Fsp3) is 0.250. The van der Waals surface area contributed by atoms with Crippen molar-refractivity contribution in [2.24, 2.45) is 5.73 Å². The Balaban J connectivity index is 1.90. The van der Waals surface area contributed by atoms with E-state index in [1.807, 2.05) is 66.4 Å². The van der Waals surface area contributed by atoms with Crippen molar-refractivity contribution < 1.29 is 9.21 Å². The second-order valence-corrected chi connectivity index (χ2v) is 5.91. The number of nitrogens with two attached hydrogens (primary N) is 1. The largest absolute Gasteiger partial charge is 0.451 e. The van der Waals surface area contributed by atoms with Gasteiger partial charge in [-0.25, -0.2) is 0 Å². The molecule has 4 nitrogen and oxygen atoms in total. The Morgan fingerprint density at radius 3 is 2.50 bits per heavy atom. The number of aryl methyl sites for hydroxylation is 1. The summed E-state index contributed by atoms with van der Waals surface area (Å²) in [6, 6.07) is 17.7. The molecule has 1 amide bonds. The van der Waals surface area contributed by atoms with Crippen LogP contribution in [0.5, 0.6) is 0 Å². The van der Waals surface area contributed by atoms with Crippen LogP contribution in [0.3, 0.4) is 0 Å². The van der Waals surface area contributed by atoms with Crippen molar-refractivity contribution in [1.29, 1.82) is 0 Å². The minimum absolute atomic E-state index is 0.0824. The van der Waals surface area contributed by atoms with Gasteiger partial charge in [-0.2, -0.15) is 0 Å². The smallest absolute Gasteiger partial charge is 0.290 e. The Bertz CT molecular complexity index is 824. The molecule has 24 heavy (non-hydrogen) atoms. The SMILES string of the molecule is Cc1c(C(=O)N(CCCN)Cc2ccccc2)oc2ccccc12. The molecule has 0 radical (unpaired) electrons. The van der Waals surface area contributed by atoms with Gasteiger partial charge in [-0.05, 0) is 31.5 Å². The molecule has 0 saturated heterocycles. The Labute approximate surface area is 141 Å². The first-order chi connectivity index (χ1) is 11.7. The van der Waals surface area contributed by atoms with Gasteiger partial charge in [0, 0.05) is 24.0 Å². The van der Waals surface area contributed by atoms with Gasteiger partial charge in [-0.3, -0.25) is 4.79 Å². The predicted molar refractivity (Wildman–Crippen MR) is 95.8 cm³/mol. The van der Waals surface area contributed by atoms with Crippen molar-refractivity contribution >= 4 is 16.9 Å². The van der Waals surface area contributed by atoms with Gasteiger partial charge in [0.15, 0.2) is 5.76 Å². The van der Waals surface area contributed by atoms with Crippen molar-refractivity contribution in [3.8, 4) is 0 Å². The molecule has 0 unspecified atom stereocenters. The number of hydrogen-bond acceptors (Lipinski definition) is 3. The van der Waals surface area contributed by atoms with Gasteiger partial charge in [0.25, 0.3) is 5.91 Å². The van der Waals surface area contributed by atoms with E-state index in [0.29, 0.717) is 25.4 Å². The molecule has 0 aliphatic rings. The summed E-state index contributed by atoms with van der Waals surface area (Å²) in [5, 5.41) is 0.985. The zero-order valence-electron chi connectivity index (χ0n) is 13.9. The average molecular weight is 322 g/mol. The molecule has 3 aromatic rings. The number of para-hydroxylation sites is 1. The quantitative estimate of drug-likeness (QED) is 0.752. The van der Waals surface area contributed by atoms with E-state index in [-0.39, 0.29) is 5.91 Å². The Morgan fingerprint density at radius 2 is 1.79 bits per heavy atom. The summed E-state index contributed by atoms with van der Waals surface area (Å²) < 4.78 is 5.84. The lowest BCUT2D eigenvalue weighted by Crippen LogP contribution is -2.32. The summed E-state index contributed by atoms with van der Waals surface area (Å²) in [6.07, 6.45) is 0.762.